The van der Waals surface area contributed by atoms with Crippen molar-refractivity contribution in [2.75, 3.05) is 26.2 Å². The number of hydrogen-bond acceptors (Lipinski definition) is 2. The molecule has 0 aromatic heterocycles. The number of carbonyl (C=O) groups is 1. The molecule has 1 amide bonds. The van der Waals surface area contributed by atoms with Crippen molar-refractivity contribution in [2.24, 2.45) is 5.92 Å². The number of hydrogen-bond donors (Lipinski definition) is 0. The second-order valence-corrected chi connectivity index (χ2v) is 7.46. The van der Waals surface area contributed by atoms with E-state index in [1.807, 2.05) is 31.2 Å². The molecule has 3 rings (SSSR count). The maximum atomic E-state index is 12.8. The zero-order valence-electron chi connectivity index (χ0n) is 14.1. The molecule has 120 valence electrons. The molecule has 3 heteroatoms. The molecule has 0 saturated carbocycles. The molecule has 1 spiro atoms. The highest BCUT2D eigenvalue weighted by molar-refractivity contribution is 5.95. The Labute approximate surface area is 134 Å². The molecular formula is C19H28N2O. The molecule has 2 aliphatic heterocycles. The summed E-state index contributed by atoms with van der Waals surface area (Å²) in [4.78, 5) is 17.6. The minimum atomic E-state index is 0.214. The highest BCUT2D eigenvalue weighted by Gasteiger charge is 2.47. The lowest BCUT2D eigenvalue weighted by atomic mass is 9.94. The first-order chi connectivity index (χ1) is 10.5. The average molecular weight is 300 g/mol. The molecular weight excluding hydrogens is 272 g/mol. The monoisotopic (exact) mass is 300 g/mol. The number of aryl methyl sites for hydroxylation is 1. The zero-order chi connectivity index (χ0) is 15.7. The SMILES string of the molecule is Cc1ccccc1C(=O)N1CC[C@@]2(CCCN2CC(C)C)C1. The summed E-state index contributed by atoms with van der Waals surface area (Å²) in [6.45, 7) is 10.8. The number of likely N-dealkylation sites (tertiary alicyclic amines) is 2. The fourth-order valence-corrected chi connectivity index (χ4v) is 4.20. The van der Waals surface area contributed by atoms with Gasteiger partial charge < -0.3 is 4.90 Å². The van der Waals surface area contributed by atoms with Crippen LogP contribution in [0, 0.1) is 12.8 Å². The smallest absolute Gasteiger partial charge is 0.254 e. The van der Waals surface area contributed by atoms with Gasteiger partial charge in [0.05, 0.1) is 0 Å². The summed E-state index contributed by atoms with van der Waals surface area (Å²) < 4.78 is 0. The molecule has 0 aliphatic carbocycles. The van der Waals surface area contributed by atoms with Crippen molar-refractivity contribution in [3.8, 4) is 0 Å². The molecule has 0 N–H and O–H groups in total. The van der Waals surface area contributed by atoms with Gasteiger partial charge in [0.25, 0.3) is 5.91 Å². The van der Waals surface area contributed by atoms with Crippen molar-refractivity contribution < 1.29 is 4.79 Å². The third-order valence-electron chi connectivity index (χ3n) is 5.32. The van der Waals surface area contributed by atoms with Crippen LogP contribution >= 0.6 is 0 Å². The highest BCUT2D eigenvalue weighted by Crippen LogP contribution is 2.38. The molecule has 1 aromatic rings. The van der Waals surface area contributed by atoms with Crippen LogP contribution in [-0.4, -0.2) is 47.4 Å². The molecule has 22 heavy (non-hydrogen) atoms. The van der Waals surface area contributed by atoms with Gasteiger partial charge in [-0.1, -0.05) is 32.0 Å². The molecule has 0 radical (unpaired) electrons. The quantitative estimate of drug-likeness (QED) is 0.855. The van der Waals surface area contributed by atoms with Crippen LogP contribution in [-0.2, 0) is 0 Å². The predicted molar refractivity (Wildman–Crippen MR) is 90.1 cm³/mol. The van der Waals surface area contributed by atoms with Crippen molar-refractivity contribution in [3.63, 3.8) is 0 Å². The second kappa shape index (κ2) is 6.04. The van der Waals surface area contributed by atoms with Crippen molar-refractivity contribution in [1.82, 2.24) is 9.80 Å². The molecule has 2 saturated heterocycles. The van der Waals surface area contributed by atoms with E-state index in [0.29, 0.717) is 5.92 Å². The predicted octanol–water partition coefficient (Wildman–Crippen LogP) is 3.33. The maximum Gasteiger partial charge on any atom is 0.254 e. The van der Waals surface area contributed by atoms with Gasteiger partial charge in [-0.3, -0.25) is 9.69 Å². The van der Waals surface area contributed by atoms with Crippen molar-refractivity contribution in [1.29, 1.82) is 0 Å². The van der Waals surface area contributed by atoms with E-state index >= 15 is 0 Å². The Morgan fingerprint density at radius 1 is 1.23 bits per heavy atom. The lowest BCUT2D eigenvalue weighted by molar-refractivity contribution is 0.0737. The van der Waals surface area contributed by atoms with Crippen LogP contribution in [0.1, 0.15) is 49.0 Å². The Morgan fingerprint density at radius 3 is 2.73 bits per heavy atom. The van der Waals surface area contributed by atoms with Gasteiger partial charge in [0.1, 0.15) is 0 Å². The van der Waals surface area contributed by atoms with Gasteiger partial charge in [-0.25, -0.2) is 0 Å². The van der Waals surface area contributed by atoms with E-state index in [9.17, 15) is 4.79 Å². The number of nitrogens with zero attached hydrogens (tertiary/aromatic N) is 2. The topological polar surface area (TPSA) is 23.6 Å². The van der Waals surface area contributed by atoms with E-state index in [1.54, 1.807) is 0 Å². The lowest BCUT2D eigenvalue weighted by Crippen LogP contribution is -2.48. The Hall–Kier alpha value is -1.35. The van der Waals surface area contributed by atoms with Crippen LogP contribution in [0.4, 0.5) is 0 Å². The fourth-order valence-electron chi connectivity index (χ4n) is 4.20. The van der Waals surface area contributed by atoms with Gasteiger partial charge in [-0.2, -0.15) is 0 Å². The van der Waals surface area contributed by atoms with Gasteiger partial charge in [0, 0.05) is 30.7 Å². The lowest BCUT2D eigenvalue weighted by Gasteiger charge is -2.36. The zero-order valence-corrected chi connectivity index (χ0v) is 14.1. The number of amides is 1. The fraction of sp³-hybridized carbons (Fsp3) is 0.632. The molecule has 1 atom stereocenters. The Morgan fingerprint density at radius 2 is 2.00 bits per heavy atom. The largest absolute Gasteiger partial charge is 0.337 e. The molecule has 0 bridgehead atoms. The summed E-state index contributed by atoms with van der Waals surface area (Å²) in [7, 11) is 0. The van der Waals surface area contributed by atoms with Crippen LogP contribution < -0.4 is 0 Å². The minimum absolute atomic E-state index is 0.214. The number of benzene rings is 1. The van der Waals surface area contributed by atoms with Gasteiger partial charge in [0.2, 0.25) is 0 Å². The Bertz CT molecular complexity index is 554. The summed E-state index contributed by atoms with van der Waals surface area (Å²) in [5, 5.41) is 0. The molecule has 0 unspecified atom stereocenters. The molecule has 2 heterocycles. The highest BCUT2D eigenvalue weighted by atomic mass is 16.2. The summed E-state index contributed by atoms with van der Waals surface area (Å²) in [6.07, 6.45) is 3.66. The summed E-state index contributed by atoms with van der Waals surface area (Å²) in [6, 6.07) is 7.95. The third-order valence-corrected chi connectivity index (χ3v) is 5.32. The normalized spacial score (nSPS) is 25.5. The van der Waals surface area contributed by atoms with Crippen LogP contribution in [0.15, 0.2) is 24.3 Å². The van der Waals surface area contributed by atoms with E-state index in [1.165, 1.54) is 19.4 Å². The van der Waals surface area contributed by atoms with E-state index in [2.05, 4.69) is 23.6 Å². The first-order valence-electron chi connectivity index (χ1n) is 8.62. The van der Waals surface area contributed by atoms with Crippen molar-refractivity contribution in [2.45, 2.75) is 45.6 Å². The standard InChI is InChI=1S/C19H28N2O/c1-15(2)13-21-11-6-9-19(21)10-12-20(14-19)18(22)17-8-5-4-7-16(17)3/h4-5,7-8,15H,6,9-14H2,1-3H3/t19-/m0/s1. The van der Waals surface area contributed by atoms with Gasteiger partial charge in [-0.15, -0.1) is 0 Å². The maximum absolute atomic E-state index is 12.8. The number of rotatable bonds is 3. The van der Waals surface area contributed by atoms with Crippen LogP contribution in [0.5, 0.6) is 0 Å². The number of carbonyl (C=O) groups excluding carboxylic acids is 1. The van der Waals surface area contributed by atoms with Gasteiger partial charge in [0.15, 0.2) is 0 Å². The molecule has 3 nitrogen and oxygen atoms in total. The Balaban J connectivity index is 1.74. The molecule has 2 fully saturated rings. The van der Waals surface area contributed by atoms with Crippen molar-refractivity contribution >= 4 is 5.91 Å². The average Bonchev–Trinajstić information content (AvgIpc) is 3.07. The van der Waals surface area contributed by atoms with E-state index < -0.39 is 0 Å². The van der Waals surface area contributed by atoms with Crippen LogP contribution in [0.3, 0.4) is 0 Å². The van der Waals surface area contributed by atoms with Crippen molar-refractivity contribution in [3.05, 3.63) is 35.4 Å². The third kappa shape index (κ3) is 2.79. The Kier molecular flexibility index (Phi) is 4.26. The summed E-state index contributed by atoms with van der Waals surface area (Å²) in [5.74, 6) is 0.905. The van der Waals surface area contributed by atoms with Crippen LogP contribution in [0.25, 0.3) is 0 Å². The molecule has 2 aliphatic rings. The summed E-state index contributed by atoms with van der Waals surface area (Å²) >= 11 is 0. The van der Waals surface area contributed by atoms with Gasteiger partial charge >= 0.3 is 0 Å². The first kappa shape index (κ1) is 15.5. The first-order valence-corrected chi connectivity index (χ1v) is 8.62. The van der Waals surface area contributed by atoms with Crippen LogP contribution in [0.2, 0.25) is 0 Å². The second-order valence-electron chi connectivity index (χ2n) is 7.46. The minimum Gasteiger partial charge on any atom is -0.337 e. The summed E-state index contributed by atoms with van der Waals surface area (Å²) in [5.41, 5.74) is 2.20. The van der Waals surface area contributed by atoms with E-state index in [0.717, 1.165) is 37.2 Å². The molecule has 1 aromatic carbocycles. The van der Waals surface area contributed by atoms with Gasteiger partial charge in [-0.05, 0) is 50.3 Å². The van der Waals surface area contributed by atoms with E-state index in [4.69, 9.17) is 0 Å². The van der Waals surface area contributed by atoms with E-state index in [-0.39, 0.29) is 11.4 Å².